The molecular weight excluding hydrogens is 285 g/mol. The van der Waals surface area contributed by atoms with Gasteiger partial charge in [-0.1, -0.05) is 12.1 Å². The van der Waals surface area contributed by atoms with Crippen LogP contribution in [0.1, 0.15) is 28.2 Å². The number of aliphatic hydroxyl groups is 1. The summed E-state index contributed by atoms with van der Waals surface area (Å²) in [5, 5.41) is 13.3. The lowest BCUT2D eigenvalue weighted by Gasteiger charge is -2.14. The van der Waals surface area contributed by atoms with Crippen LogP contribution in [0.25, 0.3) is 5.69 Å². The maximum absolute atomic E-state index is 14.0. The average Bonchev–Trinajstić information content (AvgIpc) is 3.09. The molecular formula is C16H18FN3O2. The standard InChI is InChI=1S/C16H18FN3O2/c1-19(9-10-21)16(22)15-11-5-4-8-13(11)20(18-15)14-7-3-2-6-12(14)17/h2-3,6-7,21H,4-5,8-10H2,1H3. The molecule has 0 radical (unpaired) electrons. The van der Waals surface area contributed by atoms with Gasteiger partial charge in [-0.3, -0.25) is 4.79 Å². The van der Waals surface area contributed by atoms with Crippen LogP contribution in [-0.4, -0.2) is 45.9 Å². The first-order chi connectivity index (χ1) is 10.6. The van der Waals surface area contributed by atoms with E-state index in [-0.39, 0.29) is 24.9 Å². The second kappa shape index (κ2) is 5.88. The number of aliphatic hydroxyl groups excluding tert-OH is 1. The van der Waals surface area contributed by atoms with Gasteiger partial charge in [0.15, 0.2) is 5.69 Å². The number of benzene rings is 1. The highest BCUT2D eigenvalue weighted by molar-refractivity contribution is 5.94. The molecule has 0 aliphatic heterocycles. The number of nitrogens with zero attached hydrogens (tertiary/aromatic N) is 3. The van der Waals surface area contributed by atoms with Crippen molar-refractivity contribution in [2.75, 3.05) is 20.2 Å². The number of aromatic nitrogens is 2. The summed E-state index contributed by atoms with van der Waals surface area (Å²) in [6.07, 6.45) is 2.50. The van der Waals surface area contributed by atoms with Crippen molar-refractivity contribution in [2.45, 2.75) is 19.3 Å². The number of rotatable bonds is 4. The molecule has 0 fully saturated rings. The van der Waals surface area contributed by atoms with Gasteiger partial charge in [-0.2, -0.15) is 5.10 Å². The Labute approximate surface area is 128 Å². The quantitative estimate of drug-likeness (QED) is 0.932. The Morgan fingerprint density at radius 3 is 2.91 bits per heavy atom. The molecule has 0 bridgehead atoms. The Morgan fingerprint density at radius 1 is 1.41 bits per heavy atom. The van der Waals surface area contributed by atoms with E-state index in [1.54, 1.807) is 29.9 Å². The maximum atomic E-state index is 14.0. The van der Waals surface area contributed by atoms with E-state index in [4.69, 9.17) is 5.11 Å². The van der Waals surface area contributed by atoms with Crippen LogP contribution in [0.15, 0.2) is 24.3 Å². The van der Waals surface area contributed by atoms with Gasteiger partial charge in [0.25, 0.3) is 5.91 Å². The first-order valence-electron chi connectivity index (χ1n) is 7.35. The van der Waals surface area contributed by atoms with Crippen LogP contribution in [-0.2, 0) is 12.8 Å². The van der Waals surface area contributed by atoms with Crippen LogP contribution >= 0.6 is 0 Å². The zero-order valence-electron chi connectivity index (χ0n) is 12.4. The van der Waals surface area contributed by atoms with Crippen LogP contribution in [0.2, 0.25) is 0 Å². The van der Waals surface area contributed by atoms with Crippen LogP contribution < -0.4 is 0 Å². The molecule has 1 aliphatic rings. The van der Waals surface area contributed by atoms with Crippen molar-refractivity contribution in [2.24, 2.45) is 0 Å². The summed E-state index contributed by atoms with van der Waals surface area (Å²) in [6.45, 7) is 0.151. The molecule has 1 aromatic carbocycles. The van der Waals surface area contributed by atoms with E-state index in [2.05, 4.69) is 5.10 Å². The van der Waals surface area contributed by atoms with Crippen molar-refractivity contribution in [3.05, 3.63) is 47.0 Å². The lowest BCUT2D eigenvalue weighted by molar-refractivity contribution is 0.0759. The summed E-state index contributed by atoms with van der Waals surface area (Å²) in [7, 11) is 1.63. The molecule has 0 spiro atoms. The monoisotopic (exact) mass is 303 g/mol. The number of carbonyl (C=O) groups is 1. The van der Waals surface area contributed by atoms with Crippen molar-refractivity contribution in [1.29, 1.82) is 0 Å². The third-order valence-electron chi connectivity index (χ3n) is 4.00. The number of likely N-dealkylation sites (N-methyl/N-ethyl adjacent to an activating group) is 1. The largest absolute Gasteiger partial charge is 0.395 e. The van der Waals surface area contributed by atoms with Crippen molar-refractivity contribution in [3.63, 3.8) is 0 Å². The molecule has 22 heavy (non-hydrogen) atoms. The summed E-state index contributed by atoms with van der Waals surface area (Å²) in [5.41, 5.74) is 2.54. The lowest BCUT2D eigenvalue weighted by Crippen LogP contribution is -2.30. The zero-order chi connectivity index (χ0) is 15.7. The van der Waals surface area contributed by atoms with Gasteiger partial charge in [0.2, 0.25) is 0 Å². The molecule has 3 rings (SSSR count). The molecule has 5 nitrogen and oxygen atoms in total. The molecule has 6 heteroatoms. The number of amides is 1. The number of hydrogen-bond acceptors (Lipinski definition) is 3. The molecule has 1 amide bonds. The molecule has 116 valence electrons. The SMILES string of the molecule is CN(CCO)C(=O)c1nn(-c2ccccc2F)c2c1CCC2. The number of carbonyl (C=O) groups excluding carboxylic acids is 1. The molecule has 1 heterocycles. The molecule has 0 atom stereocenters. The molecule has 0 saturated carbocycles. The lowest BCUT2D eigenvalue weighted by atomic mass is 10.2. The minimum atomic E-state index is -0.359. The van der Waals surface area contributed by atoms with Crippen LogP contribution in [0.5, 0.6) is 0 Å². The fourth-order valence-electron chi connectivity index (χ4n) is 2.86. The van der Waals surface area contributed by atoms with Crippen molar-refractivity contribution < 1.29 is 14.3 Å². The number of para-hydroxylation sites is 1. The van der Waals surface area contributed by atoms with E-state index in [1.165, 1.54) is 11.0 Å². The van der Waals surface area contributed by atoms with E-state index in [0.29, 0.717) is 11.4 Å². The Balaban J connectivity index is 2.06. The topological polar surface area (TPSA) is 58.4 Å². The third-order valence-corrected chi connectivity index (χ3v) is 4.00. The number of fused-ring (bicyclic) bond motifs is 1. The molecule has 1 aromatic heterocycles. The Kier molecular flexibility index (Phi) is 3.94. The summed E-state index contributed by atoms with van der Waals surface area (Å²) >= 11 is 0. The summed E-state index contributed by atoms with van der Waals surface area (Å²) in [6, 6.07) is 6.43. The summed E-state index contributed by atoms with van der Waals surface area (Å²) < 4.78 is 15.6. The minimum absolute atomic E-state index is 0.0988. The first-order valence-corrected chi connectivity index (χ1v) is 7.35. The molecule has 0 unspecified atom stereocenters. The second-order valence-electron chi connectivity index (χ2n) is 5.44. The number of halogens is 1. The summed E-state index contributed by atoms with van der Waals surface area (Å²) in [5.74, 6) is -0.593. The molecule has 2 aromatic rings. The third kappa shape index (κ3) is 2.39. The predicted molar refractivity (Wildman–Crippen MR) is 79.6 cm³/mol. The Morgan fingerprint density at radius 2 is 2.18 bits per heavy atom. The summed E-state index contributed by atoms with van der Waals surface area (Å²) in [4.78, 5) is 13.9. The van der Waals surface area contributed by atoms with Crippen molar-refractivity contribution in [3.8, 4) is 5.69 Å². The Hall–Kier alpha value is -2.21. The normalized spacial score (nSPS) is 13.2. The fourth-order valence-corrected chi connectivity index (χ4v) is 2.86. The highest BCUT2D eigenvalue weighted by atomic mass is 19.1. The smallest absolute Gasteiger partial charge is 0.274 e. The maximum Gasteiger partial charge on any atom is 0.274 e. The van der Waals surface area contributed by atoms with Gasteiger partial charge in [0.1, 0.15) is 11.5 Å². The highest BCUT2D eigenvalue weighted by Crippen LogP contribution is 2.29. The van der Waals surface area contributed by atoms with Gasteiger partial charge in [0.05, 0.1) is 6.61 Å². The van der Waals surface area contributed by atoms with E-state index in [0.717, 1.165) is 30.5 Å². The molecule has 1 aliphatic carbocycles. The van der Waals surface area contributed by atoms with Crippen molar-refractivity contribution in [1.82, 2.24) is 14.7 Å². The second-order valence-corrected chi connectivity index (χ2v) is 5.44. The van der Waals surface area contributed by atoms with Gasteiger partial charge >= 0.3 is 0 Å². The van der Waals surface area contributed by atoms with Crippen molar-refractivity contribution >= 4 is 5.91 Å². The first kappa shape index (κ1) is 14.7. The van der Waals surface area contributed by atoms with Gasteiger partial charge in [0, 0.05) is 24.8 Å². The van der Waals surface area contributed by atoms with Gasteiger partial charge < -0.3 is 10.0 Å². The van der Waals surface area contributed by atoms with Crippen LogP contribution in [0.3, 0.4) is 0 Å². The van der Waals surface area contributed by atoms with Gasteiger partial charge in [-0.15, -0.1) is 0 Å². The fraction of sp³-hybridized carbons (Fsp3) is 0.375. The van der Waals surface area contributed by atoms with E-state index < -0.39 is 0 Å². The van der Waals surface area contributed by atoms with E-state index in [9.17, 15) is 9.18 Å². The Bertz CT molecular complexity index is 711. The minimum Gasteiger partial charge on any atom is -0.395 e. The number of hydrogen-bond donors (Lipinski definition) is 1. The zero-order valence-corrected chi connectivity index (χ0v) is 12.4. The molecule has 0 saturated heterocycles. The highest BCUT2D eigenvalue weighted by Gasteiger charge is 2.29. The predicted octanol–water partition coefficient (Wildman–Crippen LogP) is 1.56. The van der Waals surface area contributed by atoms with Gasteiger partial charge in [-0.05, 0) is 31.4 Å². The average molecular weight is 303 g/mol. The van der Waals surface area contributed by atoms with Crippen LogP contribution in [0, 0.1) is 5.82 Å². The molecule has 1 N–H and O–H groups in total. The van der Waals surface area contributed by atoms with Crippen LogP contribution in [0.4, 0.5) is 4.39 Å². The van der Waals surface area contributed by atoms with E-state index in [1.807, 2.05) is 0 Å². The van der Waals surface area contributed by atoms with Gasteiger partial charge in [-0.25, -0.2) is 9.07 Å². The van der Waals surface area contributed by atoms with E-state index >= 15 is 0 Å².